The Hall–Kier alpha value is -0.790. The van der Waals surface area contributed by atoms with Crippen molar-refractivity contribution in [2.75, 3.05) is 6.61 Å². The molecule has 0 aromatic heterocycles. The molecule has 0 N–H and O–H groups in total. The highest BCUT2D eigenvalue weighted by molar-refractivity contribution is 5.81. The van der Waals surface area contributed by atoms with Crippen molar-refractivity contribution in [1.29, 1.82) is 0 Å². The second-order valence-corrected chi connectivity index (χ2v) is 4.83. The molecule has 0 atom stereocenters. The van der Waals surface area contributed by atoms with Gasteiger partial charge in [0.15, 0.2) is 0 Å². The van der Waals surface area contributed by atoms with Gasteiger partial charge in [-0.1, -0.05) is 71.3 Å². The maximum Gasteiger partial charge on any atom is 0.330 e. The van der Waals surface area contributed by atoms with Crippen molar-refractivity contribution in [3.63, 3.8) is 0 Å². The highest BCUT2D eigenvalue weighted by Crippen LogP contribution is 2.06. The van der Waals surface area contributed by atoms with Gasteiger partial charge in [0.2, 0.25) is 0 Å². The molecule has 0 aliphatic rings. The Balaban J connectivity index is 3.22. The summed E-state index contributed by atoms with van der Waals surface area (Å²) < 4.78 is 5.12. The van der Waals surface area contributed by atoms with E-state index < -0.39 is 0 Å². The molecule has 0 saturated heterocycles. The van der Waals surface area contributed by atoms with Gasteiger partial charge in [-0.2, -0.15) is 0 Å². The lowest BCUT2D eigenvalue weighted by Gasteiger charge is -2.02. The summed E-state index contributed by atoms with van der Waals surface area (Å²) in [7, 11) is 0. The summed E-state index contributed by atoms with van der Waals surface area (Å²) in [5, 5.41) is 0. The van der Waals surface area contributed by atoms with E-state index in [1.807, 2.05) is 6.08 Å². The summed E-state index contributed by atoms with van der Waals surface area (Å²) in [6.45, 7) is 4.95. The van der Waals surface area contributed by atoms with Crippen LogP contribution in [0, 0.1) is 0 Å². The largest absolute Gasteiger partial charge is 0.463 e. The van der Waals surface area contributed by atoms with Crippen molar-refractivity contribution in [2.24, 2.45) is 0 Å². The van der Waals surface area contributed by atoms with Crippen LogP contribution in [0.15, 0.2) is 12.2 Å². The van der Waals surface area contributed by atoms with Gasteiger partial charge in [-0.25, -0.2) is 4.79 Å². The van der Waals surface area contributed by atoms with E-state index in [0.29, 0.717) is 6.61 Å². The third-order valence-electron chi connectivity index (χ3n) is 2.97. The van der Waals surface area contributed by atoms with Crippen molar-refractivity contribution < 1.29 is 9.53 Å². The molecule has 0 radical (unpaired) electrons. The molecular formula is C16H30O2. The molecule has 2 nitrogen and oxygen atoms in total. The van der Waals surface area contributed by atoms with E-state index in [1.165, 1.54) is 38.5 Å². The Morgan fingerprint density at radius 3 is 2.17 bits per heavy atom. The number of rotatable bonds is 12. The third-order valence-corrected chi connectivity index (χ3v) is 2.97. The van der Waals surface area contributed by atoms with Crippen LogP contribution in [-0.2, 0) is 9.53 Å². The summed E-state index contributed by atoms with van der Waals surface area (Å²) in [5.41, 5.74) is 0. The van der Waals surface area contributed by atoms with Gasteiger partial charge >= 0.3 is 5.97 Å². The normalized spacial score (nSPS) is 11.0. The van der Waals surface area contributed by atoms with Crippen LogP contribution in [0.5, 0.6) is 0 Å². The second-order valence-electron chi connectivity index (χ2n) is 4.83. The molecule has 2 heteroatoms. The van der Waals surface area contributed by atoms with Crippen molar-refractivity contribution in [1.82, 2.24) is 0 Å². The number of hydrogen-bond acceptors (Lipinski definition) is 2. The topological polar surface area (TPSA) is 26.3 Å². The molecule has 106 valence electrons. The molecule has 0 unspecified atom stereocenters. The van der Waals surface area contributed by atoms with Crippen LogP contribution in [0.1, 0.15) is 78.1 Å². The number of esters is 1. The molecule has 0 aromatic rings. The van der Waals surface area contributed by atoms with Gasteiger partial charge in [-0.15, -0.1) is 0 Å². The lowest BCUT2D eigenvalue weighted by Crippen LogP contribution is -2.02. The molecule has 0 bridgehead atoms. The average molecular weight is 254 g/mol. The predicted octanol–water partition coefficient (Wildman–Crippen LogP) is 5.03. The zero-order valence-electron chi connectivity index (χ0n) is 12.2. The first-order chi connectivity index (χ1) is 8.81. The SMILES string of the molecule is CCCC/C=C/C(=O)OCCCCCCCCC. The third kappa shape index (κ3) is 13.3. The smallest absolute Gasteiger partial charge is 0.330 e. The van der Waals surface area contributed by atoms with Crippen LogP contribution in [-0.4, -0.2) is 12.6 Å². The number of hydrogen-bond donors (Lipinski definition) is 0. The molecule has 0 aliphatic heterocycles. The number of ether oxygens (including phenoxy) is 1. The van der Waals surface area contributed by atoms with Crippen molar-refractivity contribution in [2.45, 2.75) is 78.1 Å². The summed E-state index contributed by atoms with van der Waals surface area (Å²) in [4.78, 5) is 11.3. The number of allylic oxidation sites excluding steroid dienone is 1. The van der Waals surface area contributed by atoms with Crippen LogP contribution in [0.2, 0.25) is 0 Å². The Kier molecular flexibility index (Phi) is 13.6. The fourth-order valence-corrected chi connectivity index (χ4v) is 1.78. The quantitative estimate of drug-likeness (QED) is 0.277. The van der Waals surface area contributed by atoms with E-state index in [4.69, 9.17) is 4.74 Å². The lowest BCUT2D eigenvalue weighted by molar-refractivity contribution is -0.137. The molecule has 0 aliphatic carbocycles. The van der Waals surface area contributed by atoms with Gasteiger partial charge in [0, 0.05) is 6.08 Å². The zero-order chi connectivity index (χ0) is 13.5. The molecule has 0 spiro atoms. The van der Waals surface area contributed by atoms with Crippen LogP contribution in [0.4, 0.5) is 0 Å². The predicted molar refractivity (Wildman–Crippen MR) is 77.6 cm³/mol. The minimum atomic E-state index is -0.183. The maximum atomic E-state index is 11.3. The minimum Gasteiger partial charge on any atom is -0.463 e. The van der Waals surface area contributed by atoms with Crippen LogP contribution < -0.4 is 0 Å². The summed E-state index contributed by atoms with van der Waals surface area (Å²) >= 11 is 0. The molecule has 0 saturated carbocycles. The van der Waals surface area contributed by atoms with Crippen LogP contribution in [0.3, 0.4) is 0 Å². The van der Waals surface area contributed by atoms with Gasteiger partial charge < -0.3 is 4.74 Å². The van der Waals surface area contributed by atoms with E-state index in [0.717, 1.165) is 25.7 Å². The standard InChI is InChI=1S/C16H30O2/c1-3-5-7-9-10-11-13-15-18-16(17)14-12-8-6-4-2/h12,14H,3-11,13,15H2,1-2H3/b14-12+. The molecular weight excluding hydrogens is 224 g/mol. The first-order valence-corrected chi connectivity index (χ1v) is 7.64. The fourth-order valence-electron chi connectivity index (χ4n) is 1.78. The summed E-state index contributed by atoms with van der Waals surface area (Å²) in [5.74, 6) is -0.183. The van der Waals surface area contributed by atoms with Gasteiger partial charge in [-0.3, -0.25) is 0 Å². The molecule has 0 rings (SSSR count). The zero-order valence-corrected chi connectivity index (χ0v) is 12.2. The highest BCUT2D eigenvalue weighted by atomic mass is 16.5. The Bertz CT molecular complexity index is 209. The first kappa shape index (κ1) is 17.2. The van der Waals surface area contributed by atoms with Gasteiger partial charge in [0.25, 0.3) is 0 Å². The van der Waals surface area contributed by atoms with E-state index in [2.05, 4.69) is 13.8 Å². The molecule has 0 aromatic carbocycles. The number of carbonyl (C=O) groups is 1. The molecule has 0 fully saturated rings. The van der Waals surface area contributed by atoms with Crippen molar-refractivity contribution in [3.8, 4) is 0 Å². The van der Waals surface area contributed by atoms with E-state index >= 15 is 0 Å². The van der Waals surface area contributed by atoms with Gasteiger partial charge in [0.1, 0.15) is 0 Å². The maximum absolute atomic E-state index is 11.3. The Labute approximate surface area is 113 Å². The summed E-state index contributed by atoms with van der Waals surface area (Å²) in [6, 6.07) is 0. The number of unbranched alkanes of at least 4 members (excludes halogenated alkanes) is 8. The van der Waals surface area contributed by atoms with Crippen molar-refractivity contribution in [3.05, 3.63) is 12.2 Å². The van der Waals surface area contributed by atoms with Crippen LogP contribution >= 0.6 is 0 Å². The summed E-state index contributed by atoms with van der Waals surface area (Å²) in [6.07, 6.45) is 15.5. The van der Waals surface area contributed by atoms with E-state index in [-0.39, 0.29) is 5.97 Å². The van der Waals surface area contributed by atoms with E-state index in [9.17, 15) is 4.79 Å². The van der Waals surface area contributed by atoms with Crippen molar-refractivity contribution >= 4 is 5.97 Å². The number of carbonyl (C=O) groups excluding carboxylic acids is 1. The Morgan fingerprint density at radius 2 is 1.50 bits per heavy atom. The molecule has 0 amide bonds. The minimum absolute atomic E-state index is 0.183. The van der Waals surface area contributed by atoms with Gasteiger partial charge in [-0.05, 0) is 12.8 Å². The van der Waals surface area contributed by atoms with E-state index in [1.54, 1.807) is 6.08 Å². The first-order valence-electron chi connectivity index (χ1n) is 7.64. The monoisotopic (exact) mass is 254 g/mol. The lowest BCUT2D eigenvalue weighted by atomic mass is 10.1. The molecule has 0 heterocycles. The average Bonchev–Trinajstić information content (AvgIpc) is 2.38. The second kappa shape index (κ2) is 14.3. The van der Waals surface area contributed by atoms with Crippen LogP contribution in [0.25, 0.3) is 0 Å². The van der Waals surface area contributed by atoms with Gasteiger partial charge in [0.05, 0.1) is 6.61 Å². The highest BCUT2D eigenvalue weighted by Gasteiger charge is 1.96. The Morgan fingerprint density at radius 1 is 0.889 bits per heavy atom. The fraction of sp³-hybridized carbons (Fsp3) is 0.812. The molecule has 18 heavy (non-hydrogen) atoms.